The Kier molecular flexibility index (Phi) is 5.71. The van der Waals surface area contributed by atoms with Gasteiger partial charge < -0.3 is 0 Å². The number of nitrogens with zero attached hydrogens (tertiary/aromatic N) is 4. The predicted octanol–water partition coefficient (Wildman–Crippen LogP) is 4.93. The Morgan fingerprint density at radius 2 is 1.90 bits per heavy atom. The first kappa shape index (κ1) is 19.3. The zero-order chi connectivity index (χ0) is 20.2. The molecular weight excluding hydrogens is 388 g/mol. The minimum atomic E-state index is -0.432. The molecule has 1 saturated heterocycles. The van der Waals surface area contributed by atoms with Gasteiger partial charge in [0.05, 0.1) is 15.4 Å². The third-order valence-electron chi connectivity index (χ3n) is 5.06. The normalized spacial score (nSPS) is 20.6. The van der Waals surface area contributed by atoms with Gasteiger partial charge in [0.15, 0.2) is 11.0 Å². The second kappa shape index (κ2) is 8.57. The lowest BCUT2D eigenvalue weighted by Crippen LogP contribution is -2.40. The van der Waals surface area contributed by atoms with Gasteiger partial charge in [-0.25, -0.2) is 9.98 Å². The number of benzene rings is 1. The maximum Gasteiger partial charge on any atom is 0.276 e. The minimum Gasteiger partial charge on any atom is -0.283 e. The van der Waals surface area contributed by atoms with Gasteiger partial charge >= 0.3 is 0 Å². The van der Waals surface area contributed by atoms with Crippen LogP contribution in [0.3, 0.4) is 0 Å². The van der Waals surface area contributed by atoms with Crippen molar-refractivity contribution in [2.24, 2.45) is 4.99 Å². The molecule has 2 aromatic rings. The fourth-order valence-electron chi connectivity index (χ4n) is 3.66. The summed E-state index contributed by atoms with van der Waals surface area (Å²) < 4.78 is 0. The van der Waals surface area contributed by atoms with Crippen LogP contribution in [0.1, 0.15) is 37.7 Å². The van der Waals surface area contributed by atoms with Gasteiger partial charge in [0.1, 0.15) is 0 Å². The van der Waals surface area contributed by atoms with E-state index in [0.29, 0.717) is 21.5 Å². The van der Waals surface area contributed by atoms with Crippen molar-refractivity contribution in [3.8, 4) is 0 Å². The monoisotopic (exact) mass is 408 g/mol. The second-order valence-corrected chi connectivity index (χ2v) is 7.98. The lowest BCUT2D eigenvalue weighted by molar-refractivity contribution is -0.385. The predicted molar refractivity (Wildman–Crippen MR) is 114 cm³/mol. The highest BCUT2D eigenvalue weighted by Crippen LogP contribution is 2.39. The van der Waals surface area contributed by atoms with Crippen LogP contribution in [-0.4, -0.2) is 31.9 Å². The van der Waals surface area contributed by atoms with Crippen LogP contribution in [0.25, 0.3) is 6.08 Å². The summed E-state index contributed by atoms with van der Waals surface area (Å²) >= 11 is 1.26. The zero-order valence-corrected chi connectivity index (χ0v) is 16.5. The largest absolute Gasteiger partial charge is 0.283 e. The number of carbonyl (C=O) groups excluding carboxylic acids is 1. The first-order chi connectivity index (χ1) is 14.1. The van der Waals surface area contributed by atoms with Crippen LogP contribution >= 0.6 is 11.8 Å². The van der Waals surface area contributed by atoms with Crippen LogP contribution < -0.4 is 0 Å². The smallest absolute Gasteiger partial charge is 0.276 e. The summed E-state index contributed by atoms with van der Waals surface area (Å²) in [5.74, 6) is 0.394. The Labute approximate surface area is 172 Å². The number of rotatable bonds is 4. The van der Waals surface area contributed by atoms with Crippen molar-refractivity contribution in [1.29, 1.82) is 0 Å². The molecule has 1 aromatic heterocycles. The van der Waals surface area contributed by atoms with Crippen LogP contribution in [0.5, 0.6) is 0 Å². The standard InChI is InChI=1S/C21H20N4O3S/c26-20-18(14-15-8-4-5-11-17(15)25(27)28)29-21(23-19-12-6-7-13-22-19)24(20)16-9-2-1-3-10-16/h4-8,11-14,16H,1-3,9-10H2/b18-14-,23-21+. The summed E-state index contributed by atoms with van der Waals surface area (Å²) in [6.45, 7) is 0. The quantitative estimate of drug-likeness (QED) is 0.407. The van der Waals surface area contributed by atoms with E-state index in [9.17, 15) is 14.9 Å². The molecule has 148 valence electrons. The molecule has 2 fully saturated rings. The van der Waals surface area contributed by atoms with Gasteiger partial charge in [0, 0.05) is 18.3 Å². The van der Waals surface area contributed by atoms with Crippen molar-refractivity contribution >= 4 is 40.4 Å². The molecule has 0 radical (unpaired) electrons. The summed E-state index contributed by atoms with van der Waals surface area (Å²) in [6, 6.07) is 12.0. The Balaban J connectivity index is 1.73. The molecule has 0 atom stereocenters. The van der Waals surface area contributed by atoms with Crippen molar-refractivity contribution in [2.45, 2.75) is 38.1 Å². The van der Waals surface area contributed by atoms with Gasteiger partial charge in [0.2, 0.25) is 0 Å². The molecule has 7 nitrogen and oxygen atoms in total. The van der Waals surface area contributed by atoms with Gasteiger partial charge in [-0.3, -0.25) is 19.8 Å². The lowest BCUT2D eigenvalue weighted by Gasteiger charge is -2.30. The van der Waals surface area contributed by atoms with E-state index < -0.39 is 4.92 Å². The highest BCUT2D eigenvalue weighted by molar-refractivity contribution is 8.18. The first-order valence-electron chi connectivity index (χ1n) is 9.60. The van der Waals surface area contributed by atoms with Crippen molar-refractivity contribution in [3.63, 3.8) is 0 Å². The molecule has 1 saturated carbocycles. The summed E-state index contributed by atoms with van der Waals surface area (Å²) in [4.78, 5) is 35.2. The number of nitro benzene ring substituents is 1. The summed E-state index contributed by atoms with van der Waals surface area (Å²) in [5, 5.41) is 11.9. The Morgan fingerprint density at radius 3 is 2.62 bits per heavy atom. The number of hydrogen-bond donors (Lipinski definition) is 0. The summed E-state index contributed by atoms with van der Waals surface area (Å²) in [5.41, 5.74) is 0.392. The summed E-state index contributed by atoms with van der Waals surface area (Å²) in [6.07, 6.45) is 8.48. The van der Waals surface area contributed by atoms with Gasteiger partial charge in [0.25, 0.3) is 11.6 Å². The molecule has 0 spiro atoms. The van der Waals surface area contributed by atoms with Crippen molar-refractivity contribution in [1.82, 2.24) is 9.88 Å². The molecule has 1 aromatic carbocycles. The van der Waals surface area contributed by atoms with Gasteiger partial charge in [-0.05, 0) is 48.9 Å². The highest BCUT2D eigenvalue weighted by Gasteiger charge is 2.39. The number of pyridine rings is 1. The van der Waals surface area contributed by atoms with Crippen molar-refractivity contribution < 1.29 is 9.72 Å². The van der Waals surface area contributed by atoms with Gasteiger partial charge in [-0.1, -0.05) is 37.5 Å². The number of amidine groups is 1. The van der Waals surface area contributed by atoms with E-state index in [1.54, 1.807) is 41.4 Å². The van der Waals surface area contributed by atoms with Crippen LogP contribution in [0.2, 0.25) is 0 Å². The zero-order valence-electron chi connectivity index (χ0n) is 15.7. The van der Waals surface area contributed by atoms with Crippen molar-refractivity contribution in [3.05, 3.63) is 69.2 Å². The SMILES string of the molecule is O=C1/C(=C/c2ccccc2[N+](=O)[O-])S/C(=N/c2ccccn2)N1C1CCCCC1. The van der Waals surface area contributed by atoms with Crippen LogP contribution in [0.4, 0.5) is 11.5 Å². The lowest BCUT2D eigenvalue weighted by atomic mass is 9.94. The molecule has 1 amide bonds. The van der Waals surface area contributed by atoms with E-state index in [0.717, 1.165) is 25.7 Å². The Bertz CT molecular complexity index is 984. The topological polar surface area (TPSA) is 88.7 Å². The number of hydrogen-bond acceptors (Lipinski definition) is 6. The molecule has 8 heteroatoms. The van der Waals surface area contributed by atoms with Crippen LogP contribution in [0, 0.1) is 10.1 Å². The van der Waals surface area contributed by atoms with Gasteiger partial charge in [-0.15, -0.1) is 0 Å². The number of carbonyl (C=O) groups is 1. The third kappa shape index (κ3) is 4.22. The van der Waals surface area contributed by atoms with E-state index in [1.807, 2.05) is 12.1 Å². The second-order valence-electron chi connectivity index (χ2n) is 6.98. The molecule has 29 heavy (non-hydrogen) atoms. The Morgan fingerprint density at radius 1 is 1.14 bits per heavy atom. The van der Waals surface area contributed by atoms with E-state index in [1.165, 1.54) is 24.2 Å². The maximum absolute atomic E-state index is 13.3. The number of aromatic nitrogens is 1. The molecule has 2 heterocycles. The first-order valence-corrected chi connectivity index (χ1v) is 10.4. The Hall–Kier alpha value is -3.00. The van der Waals surface area contributed by atoms with E-state index >= 15 is 0 Å². The number of amides is 1. The third-order valence-corrected chi connectivity index (χ3v) is 6.04. The molecule has 0 N–H and O–H groups in total. The summed E-state index contributed by atoms with van der Waals surface area (Å²) in [7, 11) is 0. The van der Waals surface area contributed by atoms with E-state index in [4.69, 9.17) is 0 Å². The van der Waals surface area contributed by atoms with Crippen LogP contribution in [-0.2, 0) is 4.79 Å². The average molecular weight is 408 g/mol. The van der Waals surface area contributed by atoms with Crippen LogP contribution in [0.15, 0.2) is 58.6 Å². The number of para-hydroxylation sites is 1. The fourth-order valence-corrected chi connectivity index (χ4v) is 4.70. The number of nitro groups is 1. The molecule has 0 unspecified atom stereocenters. The minimum absolute atomic E-state index is 0.0206. The maximum atomic E-state index is 13.3. The van der Waals surface area contributed by atoms with Crippen molar-refractivity contribution in [2.75, 3.05) is 0 Å². The molecule has 0 bridgehead atoms. The molecule has 2 aliphatic rings. The number of aliphatic imine (C=N–C) groups is 1. The molecule has 4 rings (SSSR count). The highest BCUT2D eigenvalue weighted by atomic mass is 32.2. The molecule has 1 aliphatic carbocycles. The fraction of sp³-hybridized carbons (Fsp3) is 0.286. The molecule has 1 aliphatic heterocycles. The van der Waals surface area contributed by atoms with E-state index in [2.05, 4.69) is 9.98 Å². The van der Waals surface area contributed by atoms with E-state index in [-0.39, 0.29) is 17.6 Å². The molecular formula is C21H20N4O3S. The van der Waals surface area contributed by atoms with Gasteiger partial charge in [-0.2, -0.15) is 0 Å². The average Bonchev–Trinajstić information content (AvgIpc) is 3.04. The number of thioether (sulfide) groups is 1.